The second-order valence-corrected chi connectivity index (χ2v) is 7.20. The summed E-state index contributed by atoms with van der Waals surface area (Å²) in [7, 11) is 0. The van der Waals surface area contributed by atoms with Crippen LogP contribution in [0.2, 0.25) is 0 Å². The maximum Gasteiger partial charge on any atom is 0.123 e. The highest BCUT2D eigenvalue weighted by Gasteiger charge is 2.53. The highest BCUT2D eigenvalue weighted by atomic mass is 19.1. The van der Waals surface area contributed by atoms with E-state index in [0.29, 0.717) is 12.1 Å². The quantitative estimate of drug-likeness (QED) is 0.865. The molecule has 0 saturated heterocycles. The van der Waals surface area contributed by atoms with Crippen LogP contribution in [0.3, 0.4) is 0 Å². The zero-order valence-corrected chi connectivity index (χ0v) is 12.2. The molecule has 0 radical (unpaired) electrons. The SMILES string of the molecule is CC(NC1CC2CC1C1CCCC21)c1ccc(F)cc1. The minimum atomic E-state index is -0.144. The minimum Gasteiger partial charge on any atom is -0.307 e. The number of nitrogens with one attached hydrogen (secondary N) is 1. The molecule has 0 aromatic heterocycles. The minimum absolute atomic E-state index is 0.144. The Hall–Kier alpha value is -0.890. The summed E-state index contributed by atoms with van der Waals surface area (Å²) in [5.41, 5.74) is 1.21. The molecule has 1 nitrogen and oxygen atoms in total. The molecular formula is C18H24FN. The lowest BCUT2D eigenvalue weighted by Gasteiger charge is -2.34. The van der Waals surface area contributed by atoms with Crippen molar-refractivity contribution in [3.8, 4) is 0 Å². The first-order chi connectivity index (χ1) is 9.72. The van der Waals surface area contributed by atoms with Gasteiger partial charge in [-0.3, -0.25) is 0 Å². The summed E-state index contributed by atoms with van der Waals surface area (Å²) < 4.78 is 13.0. The standard InChI is InChI=1S/C18H24FN/c1-11(12-5-7-14(19)8-6-12)20-18-10-13-9-17(18)16-4-2-3-15(13)16/h5-8,11,13,15-18,20H,2-4,9-10H2,1H3. The maximum atomic E-state index is 13.0. The summed E-state index contributed by atoms with van der Waals surface area (Å²) in [6.45, 7) is 2.21. The normalized spacial score (nSPS) is 40.0. The Kier molecular flexibility index (Phi) is 3.10. The van der Waals surface area contributed by atoms with Gasteiger partial charge in [-0.05, 0) is 74.0 Å². The van der Waals surface area contributed by atoms with Crippen LogP contribution in [0, 0.1) is 29.5 Å². The van der Waals surface area contributed by atoms with Crippen molar-refractivity contribution >= 4 is 0 Å². The van der Waals surface area contributed by atoms with Gasteiger partial charge < -0.3 is 5.32 Å². The van der Waals surface area contributed by atoms with Gasteiger partial charge in [-0.1, -0.05) is 18.6 Å². The topological polar surface area (TPSA) is 12.0 Å². The average Bonchev–Trinajstić information content (AvgIpc) is 3.11. The number of hydrogen-bond acceptors (Lipinski definition) is 1. The Balaban J connectivity index is 1.44. The molecule has 6 atom stereocenters. The van der Waals surface area contributed by atoms with E-state index in [0.717, 1.165) is 23.7 Å². The molecule has 1 aromatic carbocycles. The molecule has 1 aromatic rings. The van der Waals surface area contributed by atoms with Crippen molar-refractivity contribution in [1.29, 1.82) is 0 Å². The Morgan fingerprint density at radius 3 is 2.60 bits per heavy atom. The number of fused-ring (bicyclic) bond motifs is 5. The molecule has 3 fully saturated rings. The molecule has 0 aliphatic heterocycles. The third-order valence-electron chi connectivity index (χ3n) is 6.26. The lowest BCUT2D eigenvalue weighted by Crippen LogP contribution is -2.40. The van der Waals surface area contributed by atoms with Crippen LogP contribution < -0.4 is 5.32 Å². The van der Waals surface area contributed by atoms with Crippen LogP contribution in [0.4, 0.5) is 4.39 Å². The fourth-order valence-corrected chi connectivity index (χ4v) is 5.43. The fourth-order valence-electron chi connectivity index (χ4n) is 5.43. The molecule has 0 heterocycles. The average molecular weight is 273 g/mol. The molecule has 3 saturated carbocycles. The van der Waals surface area contributed by atoms with Crippen molar-refractivity contribution in [1.82, 2.24) is 5.32 Å². The maximum absolute atomic E-state index is 13.0. The van der Waals surface area contributed by atoms with Crippen LogP contribution in [0.5, 0.6) is 0 Å². The van der Waals surface area contributed by atoms with Crippen LogP contribution in [0.1, 0.15) is 50.6 Å². The lowest BCUT2D eigenvalue weighted by molar-refractivity contribution is 0.200. The van der Waals surface area contributed by atoms with E-state index in [4.69, 9.17) is 0 Å². The Bertz CT molecular complexity index is 483. The first-order valence-corrected chi connectivity index (χ1v) is 8.24. The van der Waals surface area contributed by atoms with Crippen molar-refractivity contribution in [2.75, 3.05) is 0 Å². The van der Waals surface area contributed by atoms with Crippen molar-refractivity contribution in [3.05, 3.63) is 35.6 Å². The predicted molar refractivity (Wildman–Crippen MR) is 78.8 cm³/mol. The summed E-state index contributed by atoms with van der Waals surface area (Å²) >= 11 is 0. The van der Waals surface area contributed by atoms with Crippen LogP contribution in [0.25, 0.3) is 0 Å². The van der Waals surface area contributed by atoms with E-state index in [1.807, 2.05) is 12.1 Å². The van der Waals surface area contributed by atoms with Crippen molar-refractivity contribution < 1.29 is 4.39 Å². The Labute approximate surface area is 121 Å². The van der Waals surface area contributed by atoms with Crippen LogP contribution >= 0.6 is 0 Å². The number of hydrogen-bond donors (Lipinski definition) is 1. The largest absolute Gasteiger partial charge is 0.307 e. The van der Waals surface area contributed by atoms with Crippen molar-refractivity contribution in [2.24, 2.45) is 23.7 Å². The summed E-state index contributed by atoms with van der Waals surface area (Å²) in [4.78, 5) is 0. The van der Waals surface area contributed by atoms with E-state index in [2.05, 4.69) is 12.2 Å². The first-order valence-electron chi connectivity index (χ1n) is 8.24. The van der Waals surface area contributed by atoms with Crippen molar-refractivity contribution in [2.45, 2.75) is 51.1 Å². The monoisotopic (exact) mass is 273 g/mol. The molecule has 0 spiro atoms. The molecule has 108 valence electrons. The van der Waals surface area contributed by atoms with E-state index in [9.17, 15) is 4.39 Å². The molecule has 6 unspecified atom stereocenters. The molecule has 2 bridgehead atoms. The zero-order valence-electron chi connectivity index (χ0n) is 12.2. The highest BCUT2D eigenvalue weighted by molar-refractivity contribution is 5.20. The fraction of sp³-hybridized carbons (Fsp3) is 0.667. The second-order valence-electron chi connectivity index (χ2n) is 7.20. The zero-order chi connectivity index (χ0) is 13.7. The number of benzene rings is 1. The molecule has 3 aliphatic rings. The lowest BCUT2D eigenvalue weighted by atomic mass is 9.79. The summed E-state index contributed by atoms with van der Waals surface area (Å²) in [5, 5.41) is 3.84. The van der Waals surface area contributed by atoms with Gasteiger partial charge in [0, 0.05) is 12.1 Å². The van der Waals surface area contributed by atoms with Gasteiger partial charge >= 0.3 is 0 Å². The number of halogens is 1. The predicted octanol–water partition coefficient (Wildman–Crippen LogP) is 4.30. The van der Waals surface area contributed by atoms with E-state index < -0.39 is 0 Å². The van der Waals surface area contributed by atoms with Crippen LogP contribution in [0.15, 0.2) is 24.3 Å². The summed E-state index contributed by atoms with van der Waals surface area (Å²) in [6, 6.07) is 8.00. The van der Waals surface area contributed by atoms with Gasteiger partial charge in [0.1, 0.15) is 5.82 Å². The van der Waals surface area contributed by atoms with E-state index in [-0.39, 0.29) is 5.82 Å². The molecule has 3 aliphatic carbocycles. The molecule has 0 amide bonds. The van der Waals surface area contributed by atoms with Gasteiger partial charge in [0.05, 0.1) is 0 Å². The van der Waals surface area contributed by atoms with E-state index in [1.54, 1.807) is 12.1 Å². The Morgan fingerprint density at radius 2 is 1.80 bits per heavy atom. The molecule has 2 heteroatoms. The molecule has 4 rings (SSSR count). The van der Waals surface area contributed by atoms with Gasteiger partial charge in [-0.2, -0.15) is 0 Å². The van der Waals surface area contributed by atoms with Crippen LogP contribution in [-0.2, 0) is 0 Å². The van der Waals surface area contributed by atoms with Gasteiger partial charge in [0.2, 0.25) is 0 Å². The van der Waals surface area contributed by atoms with Gasteiger partial charge in [-0.25, -0.2) is 4.39 Å². The molecule has 1 N–H and O–H groups in total. The van der Waals surface area contributed by atoms with Gasteiger partial charge in [-0.15, -0.1) is 0 Å². The summed E-state index contributed by atoms with van der Waals surface area (Å²) in [6.07, 6.45) is 7.25. The number of rotatable bonds is 3. The Morgan fingerprint density at radius 1 is 1.05 bits per heavy atom. The highest BCUT2D eigenvalue weighted by Crippen LogP contribution is 2.58. The van der Waals surface area contributed by atoms with E-state index >= 15 is 0 Å². The first kappa shape index (κ1) is 12.8. The van der Waals surface area contributed by atoms with Crippen LogP contribution in [-0.4, -0.2) is 6.04 Å². The molecule has 20 heavy (non-hydrogen) atoms. The van der Waals surface area contributed by atoms with Gasteiger partial charge in [0.15, 0.2) is 0 Å². The third-order valence-corrected chi connectivity index (χ3v) is 6.26. The second kappa shape index (κ2) is 4.84. The summed E-state index contributed by atoms with van der Waals surface area (Å²) in [5.74, 6) is 3.82. The molecular weight excluding hydrogens is 249 g/mol. The third kappa shape index (κ3) is 2.00. The van der Waals surface area contributed by atoms with Gasteiger partial charge in [0.25, 0.3) is 0 Å². The van der Waals surface area contributed by atoms with Crippen molar-refractivity contribution in [3.63, 3.8) is 0 Å². The van der Waals surface area contributed by atoms with E-state index in [1.165, 1.54) is 37.7 Å². The smallest absolute Gasteiger partial charge is 0.123 e.